The number of hydrogen-bond acceptors (Lipinski definition) is 8. The maximum atomic E-state index is 13.1. The number of benzene rings is 1. The van der Waals surface area contributed by atoms with E-state index in [1.807, 2.05) is 6.92 Å². The Bertz CT molecular complexity index is 1010. The molecule has 7 nitrogen and oxygen atoms in total. The van der Waals surface area contributed by atoms with Gasteiger partial charge in [-0.05, 0) is 31.9 Å². The predicted octanol–water partition coefficient (Wildman–Crippen LogP) is 2.67. The predicted molar refractivity (Wildman–Crippen MR) is 104 cm³/mol. The summed E-state index contributed by atoms with van der Waals surface area (Å²) in [5, 5.41) is 3.03. The molecule has 0 amide bonds. The monoisotopic (exact) mass is 430 g/mol. The second kappa shape index (κ2) is 7.86. The van der Waals surface area contributed by atoms with Gasteiger partial charge in [-0.25, -0.2) is 21.8 Å². The maximum Gasteiger partial charge on any atom is 0.226 e. The molecule has 10 heteroatoms. The Hall–Kier alpha value is -1.49. The van der Waals surface area contributed by atoms with E-state index in [9.17, 15) is 16.8 Å². The fraction of sp³-hybridized carbons (Fsp3) is 0.471. The average Bonchev–Trinajstić information content (AvgIpc) is 3.30. The summed E-state index contributed by atoms with van der Waals surface area (Å²) in [5.41, 5.74) is 0.929. The largest absolute Gasteiger partial charge is 0.376 e. The molecule has 0 spiro atoms. The van der Waals surface area contributed by atoms with Gasteiger partial charge in [0.1, 0.15) is 5.00 Å². The summed E-state index contributed by atoms with van der Waals surface area (Å²) in [4.78, 5) is 4.09. The summed E-state index contributed by atoms with van der Waals surface area (Å²) < 4.78 is 56.0. The summed E-state index contributed by atoms with van der Waals surface area (Å²) in [6.07, 6.45) is 1.82. The number of ether oxygens (including phenoxy) is 1. The zero-order valence-electron chi connectivity index (χ0n) is 15.1. The first kappa shape index (κ1) is 20.2. The van der Waals surface area contributed by atoms with E-state index in [0.717, 1.165) is 29.7 Å². The lowest BCUT2D eigenvalue weighted by molar-refractivity contribution is 0.120. The van der Waals surface area contributed by atoms with Crippen molar-refractivity contribution in [2.24, 2.45) is 0 Å². The highest BCUT2D eigenvalue weighted by molar-refractivity contribution is 7.94. The Morgan fingerprint density at radius 2 is 1.93 bits per heavy atom. The van der Waals surface area contributed by atoms with Gasteiger partial charge >= 0.3 is 0 Å². The van der Waals surface area contributed by atoms with Gasteiger partial charge in [-0.2, -0.15) is 0 Å². The number of sulfone groups is 2. The van der Waals surface area contributed by atoms with Gasteiger partial charge in [0.25, 0.3) is 0 Å². The number of nitrogens with one attached hydrogen (secondary N) is 1. The summed E-state index contributed by atoms with van der Waals surface area (Å²) >= 11 is 0.854. The molecule has 1 N–H and O–H groups in total. The van der Waals surface area contributed by atoms with E-state index in [-0.39, 0.29) is 31.1 Å². The highest BCUT2D eigenvalue weighted by Crippen LogP contribution is 2.35. The minimum absolute atomic E-state index is 0.0201. The second-order valence-electron chi connectivity index (χ2n) is 6.35. The first-order chi connectivity index (χ1) is 12.7. The number of hydrogen-bond donors (Lipinski definition) is 1. The maximum absolute atomic E-state index is 13.1. The topological polar surface area (TPSA) is 102 Å². The fourth-order valence-corrected chi connectivity index (χ4v) is 6.68. The Morgan fingerprint density at radius 1 is 1.22 bits per heavy atom. The summed E-state index contributed by atoms with van der Waals surface area (Å²) in [6.45, 7) is 4.45. The molecule has 27 heavy (non-hydrogen) atoms. The fourth-order valence-electron chi connectivity index (χ4n) is 2.68. The molecule has 0 bridgehead atoms. The van der Waals surface area contributed by atoms with Crippen molar-refractivity contribution in [3.8, 4) is 0 Å². The van der Waals surface area contributed by atoms with E-state index in [1.54, 1.807) is 12.1 Å². The summed E-state index contributed by atoms with van der Waals surface area (Å²) in [7, 11) is -7.56. The van der Waals surface area contributed by atoms with Crippen LogP contribution in [0.15, 0.2) is 38.5 Å². The van der Waals surface area contributed by atoms with Gasteiger partial charge in [0.2, 0.25) is 24.0 Å². The van der Waals surface area contributed by atoms with Gasteiger partial charge in [-0.3, -0.25) is 0 Å². The first-order valence-electron chi connectivity index (χ1n) is 8.65. The molecule has 148 valence electrons. The van der Waals surface area contributed by atoms with Crippen LogP contribution >= 0.6 is 11.3 Å². The lowest BCUT2D eigenvalue weighted by atomic mass is 10.2. The van der Waals surface area contributed by atoms with Crippen LogP contribution in [0.4, 0.5) is 5.00 Å². The molecule has 2 aromatic rings. The highest BCUT2D eigenvalue weighted by Gasteiger charge is 2.30. The van der Waals surface area contributed by atoms with E-state index < -0.39 is 19.7 Å². The Kier molecular flexibility index (Phi) is 5.90. The third-order valence-electron chi connectivity index (χ3n) is 4.32. The van der Waals surface area contributed by atoms with Crippen LogP contribution in [0.5, 0.6) is 0 Å². The standard InChI is InChI=1S/C17H22N2O5S3/c1-3-26(20,21)17-19-16(15(25-17)18-11-13-5-4-10-24-13)27(22,23)14-8-6-12(2)7-9-14/h6-9,13,18H,3-5,10-11H2,1-2H3/t13-/m1/s1. The Balaban J connectivity index is 2.01. The van der Waals surface area contributed by atoms with Gasteiger partial charge in [0.15, 0.2) is 5.03 Å². The SMILES string of the molecule is CCS(=O)(=O)c1nc(S(=O)(=O)c2ccc(C)cc2)c(NC[C@H]2CCCO2)s1. The molecular formula is C17H22N2O5S3. The van der Waals surface area contributed by atoms with Gasteiger partial charge in [-0.15, -0.1) is 0 Å². The molecule has 1 aliphatic heterocycles. The third kappa shape index (κ3) is 4.34. The minimum atomic E-state index is -3.95. The van der Waals surface area contributed by atoms with Gasteiger partial charge in [0, 0.05) is 13.2 Å². The quantitative estimate of drug-likeness (QED) is 0.720. The highest BCUT2D eigenvalue weighted by atomic mass is 32.2. The van der Waals surface area contributed by atoms with Crippen LogP contribution in [0, 0.1) is 6.92 Å². The van der Waals surface area contributed by atoms with E-state index >= 15 is 0 Å². The van der Waals surface area contributed by atoms with Crippen molar-refractivity contribution in [2.45, 2.75) is 47.1 Å². The number of nitrogens with zero attached hydrogens (tertiary/aromatic N) is 1. The molecule has 1 saturated heterocycles. The van der Waals surface area contributed by atoms with E-state index in [4.69, 9.17) is 4.74 Å². The Labute approximate surface area is 163 Å². The normalized spacial score (nSPS) is 17.9. The van der Waals surface area contributed by atoms with E-state index in [2.05, 4.69) is 10.3 Å². The van der Waals surface area contributed by atoms with Crippen LogP contribution in [-0.2, 0) is 24.4 Å². The number of rotatable bonds is 7. The van der Waals surface area contributed by atoms with Crippen molar-refractivity contribution in [1.82, 2.24) is 4.98 Å². The minimum Gasteiger partial charge on any atom is -0.376 e. The van der Waals surface area contributed by atoms with Crippen molar-refractivity contribution in [1.29, 1.82) is 0 Å². The summed E-state index contributed by atoms with van der Waals surface area (Å²) in [5.74, 6) is -0.143. The molecule has 1 atom stereocenters. The molecule has 0 radical (unpaired) electrons. The van der Waals surface area contributed by atoms with Crippen molar-refractivity contribution in [3.05, 3.63) is 29.8 Å². The van der Waals surface area contributed by atoms with Crippen LogP contribution in [-0.4, -0.2) is 46.8 Å². The van der Waals surface area contributed by atoms with Crippen LogP contribution in [0.25, 0.3) is 0 Å². The number of anilines is 1. The smallest absolute Gasteiger partial charge is 0.226 e. The van der Waals surface area contributed by atoms with Gasteiger partial charge in [0.05, 0.1) is 16.8 Å². The van der Waals surface area contributed by atoms with E-state index in [1.165, 1.54) is 19.1 Å². The molecule has 0 unspecified atom stereocenters. The second-order valence-corrected chi connectivity index (χ2v) is 11.7. The molecule has 0 aliphatic carbocycles. The van der Waals surface area contributed by atoms with E-state index in [0.29, 0.717) is 13.2 Å². The molecule has 1 aromatic heterocycles. The van der Waals surface area contributed by atoms with Crippen LogP contribution in [0.1, 0.15) is 25.3 Å². The molecular weight excluding hydrogens is 408 g/mol. The summed E-state index contributed by atoms with van der Waals surface area (Å²) in [6, 6.07) is 6.40. The first-order valence-corrected chi connectivity index (χ1v) is 12.6. The average molecular weight is 431 g/mol. The van der Waals surface area contributed by atoms with Crippen molar-refractivity contribution < 1.29 is 21.6 Å². The molecule has 1 aliphatic rings. The molecule has 3 rings (SSSR count). The van der Waals surface area contributed by atoms with Crippen molar-refractivity contribution in [3.63, 3.8) is 0 Å². The number of aromatic nitrogens is 1. The van der Waals surface area contributed by atoms with Crippen LogP contribution in [0.2, 0.25) is 0 Å². The lowest BCUT2D eigenvalue weighted by Crippen LogP contribution is -2.19. The molecule has 1 aromatic carbocycles. The molecule has 2 heterocycles. The zero-order chi connectivity index (χ0) is 19.7. The lowest BCUT2D eigenvalue weighted by Gasteiger charge is -2.11. The molecule has 0 saturated carbocycles. The van der Waals surface area contributed by atoms with Crippen LogP contribution < -0.4 is 5.32 Å². The van der Waals surface area contributed by atoms with Gasteiger partial charge < -0.3 is 10.1 Å². The van der Waals surface area contributed by atoms with Crippen molar-refractivity contribution >= 4 is 36.0 Å². The number of thiazole rings is 1. The third-order valence-corrected chi connectivity index (χ3v) is 9.35. The number of aryl methyl sites for hydroxylation is 1. The Morgan fingerprint density at radius 3 is 2.52 bits per heavy atom. The van der Waals surface area contributed by atoms with Gasteiger partial charge in [-0.1, -0.05) is 36.0 Å². The van der Waals surface area contributed by atoms with Crippen LogP contribution in [0.3, 0.4) is 0 Å². The molecule has 1 fully saturated rings. The van der Waals surface area contributed by atoms with Crippen molar-refractivity contribution in [2.75, 3.05) is 24.2 Å². The zero-order valence-corrected chi connectivity index (χ0v) is 17.6.